The smallest absolute Gasteiger partial charge is 0.238 e. The van der Waals surface area contributed by atoms with E-state index in [0.29, 0.717) is 17.8 Å². The standard InChI is InChI=1S/C13H18N4O2S/c1-3-17-9-11(8-16-17)7-15-12-5-4-10(2)13(6-12)20(14,18)19/h4-6,8-9,15H,3,7H2,1-2H3,(H2,14,18,19). The minimum Gasteiger partial charge on any atom is -0.381 e. The molecule has 0 saturated carbocycles. The van der Waals surface area contributed by atoms with Crippen LogP contribution in [0.25, 0.3) is 0 Å². The quantitative estimate of drug-likeness (QED) is 0.873. The summed E-state index contributed by atoms with van der Waals surface area (Å²) in [5, 5.41) is 12.5. The Bertz CT molecular complexity index is 707. The Morgan fingerprint density at radius 2 is 2.15 bits per heavy atom. The van der Waals surface area contributed by atoms with Gasteiger partial charge in [-0.3, -0.25) is 4.68 Å². The Kier molecular flexibility index (Phi) is 4.10. The van der Waals surface area contributed by atoms with Gasteiger partial charge >= 0.3 is 0 Å². The van der Waals surface area contributed by atoms with E-state index in [2.05, 4.69) is 10.4 Å². The maximum Gasteiger partial charge on any atom is 0.238 e. The molecule has 0 saturated heterocycles. The lowest BCUT2D eigenvalue weighted by molar-refractivity contribution is 0.597. The number of hydrogen-bond acceptors (Lipinski definition) is 4. The van der Waals surface area contributed by atoms with Crippen LogP contribution in [0.2, 0.25) is 0 Å². The van der Waals surface area contributed by atoms with E-state index in [-0.39, 0.29) is 4.90 Å². The molecule has 1 aromatic heterocycles. The average Bonchev–Trinajstić information content (AvgIpc) is 2.84. The monoisotopic (exact) mass is 294 g/mol. The lowest BCUT2D eigenvalue weighted by atomic mass is 10.2. The molecule has 20 heavy (non-hydrogen) atoms. The highest BCUT2D eigenvalue weighted by Gasteiger charge is 2.12. The van der Waals surface area contributed by atoms with Crippen molar-refractivity contribution in [3.63, 3.8) is 0 Å². The van der Waals surface area contributed by atoms with Crippen LogP contribution in [0.5, 0.6) is 0 Å². The second kappa shape index (κ2) is 5.64. The SMILES string of the molecule is CCn1cc(CNc2ccc(C)c(S(N)(=O)=O)c2)cn1. The van der Waals surface area contributed by atoms with Crippen molar-refractivity contribution in [1.29, 1.82) is 0 Å². The fourth-order valence-corrected chi connectivity index (χ4v) is 2.70. The van der Waals surface area contributed by atoms with Crippen LogP contribution < -0.4 is 10.5 Å². The first kappa shape index (κ1) is 14.5. The van der Waals surface area contributed by atoms with Gasteiger partial charge in [-0.05, 0) is 31.5 Å². The number of anilines is 1. The molecule has 0 amide bonds. The molecular formula is C13H18N4O2S. The van der Waals surface area contributed by atoms with Gasteiger partial charge in [0.15, 0.2) is 0 Å². The second-order valence-electron chi connectivity index (χ2n) is 4.58. The summed E-state index contributed by atoms with van der Waals surface area (Å²) in [4.78, 5) is 0.145. The van der Waals surface area contributed by atoms with E-state index in [0.717, 1.165) is 12.1 Å². The summed E-state index contributed by atoms with van der Waals surface area (Å²) in [5.74, 6) is 0. The van der Waals surface area contributed by atoms with Crippen molar-refractivity contribution >= 4 is 15.7 Å². The van der Waals surface area contributed by atoms with Crippen molar-refractivity contribution in [2.45, 2.75) is 31.8 Å². The van der Waals surface area contributed by atoms with Crippen molar-refractivity contribution in [3.8, 4) is 0 Å². The molecule has 0 fully saturated rings. The Hall–Kier alpha value is -1.86. The molecule has 2 aromatic rings. The van der Waals surface area contributed by atoms with E-state index >= 15 is 0 Å². The predicted molar refractivity (Wildman–Crippen MR) is 77.8 cm³/mol. The molecule has 0 aliphatic rings. The molecule has 0 aliphatic carbocycles. The zero-order chi connectivity index (χ0) is 14.8. The fourth-order valence-electron chi connectivity index (χ4n) is 1.89. The lowest BCUT2D eigenvalue weighted by Crippen LogP contribution is -2.14. The van der Waals surface area contributed by atoms with Crippen molar-refractivity contribution in [3.05, 3.63) is 41.7 Å². The van der Waals surface area contributed by atoms with Crippen molar-refractivity contribution in [1.82, 2.24) is 9.78 Å². The minimum absolute atomic E-state index is 0.145. The summed E-state index contributed by atoms with van der Waals surface area (Å²) in [7, 11) is -3.70. The highest BCUT2D eigenvalue weighted by molar-refractivity contribution is 7.89. The molecule has 0 bridgehead atoms. The third-order valence-electron chi connectivity index (χ3n) is 3.00. The molecule has 0 unspecified atom stereocenters. The average molecular weight is 294 g/mol. The largest absolute Gasteiger partial charge is 0.381 e. The molecule has 0 aliphatic heterocycles. The Balaban J connectivity index is 2.14. The van der Waals surface area contributed by atoms with Crippen LogP contribution in [0.15, 0.2) is 35.5 Å². The van der Waals surface area contributed by atoms with E-state index in [1.54, 1.807) is 25.3 Å². The maximum atomic E-state index is 11.5. The van der Waals surface area contributed by atoms with E-state index in [1.807, 2.05) is 23.9 Å². The number of aromatic nitrogens is 2. The first-order valence-corrected chi connectivity index (χ1v) is 7.83. The Morgan fingerprint density at radius 3 is 2.75 bits per heavy atom. The fraction of sp³-hybridized carbons (Fsp3) is 0.308. The van der Waals surface area contributed by atoms with Gasteiger partial charge in [-0.2, -0.15) is 5.10 Å². The number of nitrogens with zero attached hydrogens (tertiary/aromatic N) is 2. The number of nitrogens with one attached hydrogen (secondary N) is 1. The van der Waals surface area contributed by atoms with E-state index in [4.69, 9.17) is 5.14 Å². The molecule has 108 valence electrons. The highest BCUT2D eigenvalue weighted by atomic mass is 32.2. The van der Waals surface area contributed by atoms with Gasteiger partial charge in [0.25, 0.3) is 0 Å². The first-order chi connectivity index (χ1) is 9.40. The Morgan fingerprint density at radius 1 is 1.40 bits per heavy atom. The molecule has 0 atom stereocenters. The molecule has 0 radical (unpaired) electrons. The molecular weight excluding hydrogens is 276 g/mol. The number of rotatable bonds is 5. The minimum atomic E-state index is -3.70. The van der Waals surface area contributed by atoms with E-state index in [9.17, 15) is 8.42 Å². The third-order valence-corrected chi connectivity index (χ3v) is 4.05. The maximum absolute atomic E-state index is 11.5. The van der Waals surface area contributed by atoms with E-state index in [1.165, 1.54) is 0 Å². The highest BCUT2D eigenvalue weighted by Crippen LogP contribution is 2.19. The van der Waals surface area contributed by atoms with Crippen LogP contribution in [-0.4, -0.2) is 18.2 Å². The van der Waals surface area contributed by atoms with Gasteiger partial charge in [0.2, 0.25) is 10.0 Å². The summed E-state index contributed by atoms with van der Waals surface area (Å²) in [5.41, 5.74) is 2.38. The molecule has 1 heterocycles. The van der Waals surface area contributed by atoms with Crippen LogP contribution in [-0.2, 0) is 23.1 Å². The summed E-state index contributed by atoms with van der Waals surface area (Å²) in [6, 6.07) is 5.11. The number of nitrogens with two attached hydrogens (primary N) is 1. The predicted octanol–water partition coefficient (Wildman–Crippen LogP) is 1.47. The number of aryl methyl sites for hydroxylation is 2. The normalized spacial score (nSPS) is 11.6. The van der Waals surface area contributed by atoms with Gasteiger partial charge in [0.05, 0.1) is 11.1 Å². The Labute approximate surface area is 118 Å². The van der Waals surface area contributed by atoms with Gasteiger partial charge in [0.1, 0.15) is 0 Å². The summed E-state index contributed by atoms with van der Waals surface area (Å²) in [6.07, 6.45) is 3.73. The van der Waals surface area contributed by atoms with Gasteiger partial charge in [-0.1, -0.05) is 6.07 Å². The topological polar surface area (TPSA) is 90.0 Å². The lowest BCUT2D eigenvalue weighted by Gasteiger charge is -2.09. The first-order valence-electron chi connectivity index (χ1n) is 6.29. The summed E-state index contributed by atoms with van der Waals surface area (Å²) >= 11 is 0. The van der Waals surface area contributed by atoms with Gasteiger partial charge in [-0.25, -0.2) is 13.6 Å². The molecule has 7 heteroatoms. The van der Waals surface area contributed by atoms with Crippen LogP contribution >= 0.6 is 0 Å². The number of hydrogen-bond donors (Lipinski definition) is 2. The van der Waals surface area contributed by atoms with Crippen molar-refractivity contribution < 1.29 is 8.42 Å². The molecule has 0 spiro atoms. The van der Waals surface area contributed by atoms with Crippen LogP contribution in [0.3, 0.4) is 0 Å². The van der Waals surface area contributed by atoms with Gasteiger partial charge < -0.3 is 5.32 Å². The van der Waals surface area contributed by atoms with Gasteiger partial charge in [0, 0.05) is 30.5 Å². The molecule has 2 rings (SSSR count). The summed E-state index contributed by atoms with van der Waals surface area (Å²) < 4.78 is 24.8. The molecule has 3 N–H and O–H groups in total. The third kappa shape index (κ3) is 3.37. The molecule has 1 aromatic carbocycles. The zero-order valence-electron chi connectivity index (χ0n) is 11.5. The van der Waals surface area contributed by atoms with Crippen molar-refractivity contribution in [2.75, 3.05) is 5.32 Å². The summed E-state index contributed by atoms with van der Waals surface area (Å²) in [6.45, 7) is 5.13. The van der Waals surface area contributed by atoms with Crippen LogP contribution in [0.4, 0.5) is 5.69 Å². The molecule has 6 nitrogen and oxygen atoms in total. The van der Waals surface area contributed by atoms with Crippen LogP contribution in [0, 0.1) is 6.92 Å². The number of primary sulfonamides is 1. The van der Waals surface area contributed by atoms with Gasteiger partial charge in [-0.15, -0.1) is 0 Å². The second-order valence-corrected chi connectivity index (χ2v) is 6.11. The zero-order valence-corrected chi connectivity index (χ0v) is 12.3. The number of sulfonamides is 1. The van der Waals surface area contributed by atoms with Crippen molar-refractivity contribution in [2.24, 2.45) is 5.14 Å². The van der Waals surface area contributed by atoms with Crippen LogP contribution in [0.1, 0.15) is 18.1 Å². The van der Waals surface area contributed by atoms with E-state index < -0.39 is 10.0 Å². The number of benzene rings is 1.